The zero-order chi connectivity index (χ0) is 10.1. The molecule has 14 heavy (non-hydrogen) atoms. The highest BCUT2D eigenvalue weighted by Gasteiger charge is 2.28. The van der Waals surface area contributed by atoms with Crippen LogP contribution in [-0.2, 0) is 11.2 Å². The van der Waals surface area contributed by atoms with Crippen molar-refractivity contribution >= 4 is 17.4 Å². The van der Waals surface area contributed by atoms with Crippen LogP contribution in [0.4, 0.5) is 0 Å². The first-order valence-electron chi connectivity index (χ1n) is 4.94. The second-order valence-electron chi connectivity index (χ2n) is 4.00. The third-order valence-electron chi connectivity index (χ3n) is 2.63. The number of ketones is 1. The molecule has 1 aliphatic carbocycles. The second kappa shape index (κ2) is 3.74. The molecule has 0 bridgehead atoms. The lowest BCUT2D eigenvalue weighted by Crippen LogP contribution is -2.04. The summed E-state index contributed by atoms with van der Waals surface area (Å²) >= 11 is 5.91. The Morgan fingerprint density at radius 2 is 2.21 bits per heavy atom. The molecule has 0 radical (unpaired) electrons. The molecule has 1 saturated carbocycles. The Labute approximate surface area is 89.1 Å². The van der Waals surface area contributed by atoms with E-state index in [4.69, 9.17) is 11.6 Å². The zero-order valence-electron chi connectivity index (χ0n) is 8.22. The van der Waals surface area contributed by atoms with Gasteiger partial charge in [0.25, 0.3) is 0 Å². The number of benzene rings is 1. The average molecular weight is 209 g/mol. The molecule has 0 aliphatic heterocycles. The number of aryl methyl sites for hydroxylation is 1. The van der Waals surface area contributed by atoms with Gasteiger partial charge >= 0.3 is 0 Å². The third kappa shape index (κ3) is 2.16. The van der Waals surface area contributed by atoms with Crippen LogP contribution in [0.2, 0.25) is 5.02 Å². The molecule has 0 saturated heterocycles. The molecule has 0 aromatic heterocycles. The van der Waals surface area contributed by atoms with E-state index in [1.165, 1.54) is 0 Å². The molecule has 0 N–H and O–H groups in total. The Morgan fingerprint density at radius 1 is 1.50 bits per heavy atom. The average Bonchev–Trinajstić information content (AvgIpc) is 2.94. The van der Waals surface area contributed by atoms with Gasteiger partial charge in [-0.15, -0.1) is 0 Å². The molecule has 1 aromatic rings. The molecule has 1 fully saturated rings. The number of hydrogen-bond acceptors (Lipinski definition) is 1. The molecule has 1 nitrogen and oxygen atoms in total. The van der Waals surface area contributed by atoms with Crippen LogP contribution in [0.1, 0.15) is 24.0 Å². The van der Waals surface area contributed by atoms with Gasteiger partial charge in [0.2, 0.25) is 0 Å². The van der Waals surface area contributed by atoms with Crippen molar-refractivity contribution in [2.75, 3.05) is 0 Å². The number of Topliss-reactive ketones (excluding diaryl/α,β-unsaturated/α-hetero) is 1. The quantitative estimate of drug-likeness (QED) is 0.746. The van der Waals surface area contributed by atoms with Crippen molar-refractivity contribution in [1.29, 1.82) is 0 Å². The van der Waals surface area contributed by atoms with E-state index in [1.54, 1.807) is 0 Å². The van der Waals surface area contributed by atoms with E-state index in [1.807, 2.05) is 25.1 Å². The number of rotatable bonds is 3. The summed E-state index contributed by atoms with van der Waals surface area (Å²) in [6.45, 7) is 1.97. The first kappa shape index (κ1) is 9.72. The van der Waals surface area contributed by atoms with Gasteiger partial charge in [-0.3, -0.25) is 4.79 Å². The summed E-state index contributed by atoms with van der Waals surface area (Å²) in [6, 6.07) is 5.81. The SMILES string of the molecule is Cc1cc(CC(=O)C2CC2)ccc1Cl. The maximum atomic E-state index is 11.5. The fraction of sp³-hybridized carbons (Fsp3) is 0.417. The summed E-state index contributed by atoms with van der Waals surface area (Å²) in [5.74, 6) is 0.734. The molecule has 0 spiro atoms. The predicted octanol–water partition coefficient (Wildman–Crippen LogP) is 3.17. The molecule has 1 aliphatic rings. The highest BCUT2D eigenvalue weighted by atomic mass is 35.5. The highest BCUT2D eigenvalue weighted by Crippen LogP contribution is 2.31. The van der Waals surface area contributed by atoms with E-state index < -0.39 is 0 Å². The molecule has 0 atom stereocenters. The number of carbonyl (C=O) groups is 1. The molecule has 1 aromatic carbocycles. The summed E-state index contributed by atoms with van der Waals surface area (Å²) in [5.41, 5.74) is 2.14. The van der Waals surface area contributed by atoms with Gasteiger partial charge in [0.05, 0.1) is 0 Å². The smallest absolute Gasteiger partial charge is 0.140 e. The van der Waals surface area contributed by atoms with Crippen LogP contribution in [0.5, 0.6) is 0 Å². The Morgan fingerprint density at radius 3 is 2.79 bits per heavy atom. The van der Waals surface area contributed by atoms with Crippen molar-refractivity contribution < 1.29 is 4.79 Å². The zero-order valence-corrected chi connectivity index (χ0v) is 8.97. The maximum Gasteiger partial charge on any atom is 0.140 e. The van der Waals surface area contributed by atoms with E-state index in [0.717, 1.165) is 29.0 Å². The predicted molar refractivity (Wildman–Crippen MR) is 57.6 cm³/mol. The number of carbonyl (C=O) groups excluding carboxylic acids is 1. The maximum absolute atomic E-state index is 11.5. The normalized spacial score (nSPS) is 15.6. The van der Waals surface area contributed by atoms with Crippen molar-refractivity contribution in [3.63, 3.8) is 0 Å². The lowest BCUT2D eigenvalue weighted by Gasteiger charge is -2.02. The van der Waals surface area contributed by atoms with Crippen LogP contribution >= 0.6 is 11.6 Å². The summed E-state index contributed by atoms with van der Waals surface area (Å²) in [7, 11) is 0. The molecule has 2 heteroatoms. The van der Waals surface area contributed by atoms with Gasteiger partial charge < -0.3 is 0 Å². The van der Waals surface area contributed by atoms with Crippen LogP contribution in [0.15, 0.2) is 18.2 Å². The molecule has 74 valence electrons. The second-order valence-corrected chi connectivity index (χ2v) is 4.41. The van der Waals surface area contributed by atoms with Gasteiger partial charge in [0.1, 0.15) is 5.78 Å². The van der Waals surface area contributed by atoms with Gasteiger partial charge in [0.15, 0.2) is 0 Å². The fourth-order valence-corrected chi connectivity index (χ4v) is 1.69. The van der Waals surface area contributed by atoms with Crippen molar-refractivity contribution in [1.82, 2.24) is 0 Å². The first-order chi connectivity index (χ1) is 6.66. The standard InChI is InChI=1S/C12H13ClO/c1-8-6-9(2-5-11(8)13)7-12(14)10-3-4-10/h2,5-6,10H,3-4,7H2,1H3. The van der Waals surface area contributed by atoms with Gasteiger partial charge in [-0.2, -0.15) is 0 Å². The Bertz CT molecular complexity index is 367. The van der Waals surface area contributed by atoms with E-state index in [-0.39, 0.29) is 0 Å². The Balaban J connectivity index is 2.08. The van der Waals surface area contributed by atoms with Gasteiger partial charge in [-0.05, 0) is 37.0 Å². The number of hydrogen-bond donors (Lipinski definition) is 0. The fourth-order valence-electron chi connectivity index (χ4n) is 1.57. The van der Waals surface area contributed by atoms with E-state index in [9.17, 15) is 4.79 Å². The largest absolute Gasteiger partial charge is 0.299 e. The van der Waals surface area contributed by atoms with Crippen LogP contribution < -0.4 is 0 Å². The van der Waals surface area contributed by atoms with Crippen LogP contribution in [0.3, 0.4) is 0 Å². The van der Waals surface area contributed by atoms with Crippen molar-refractivity contribution in [3.8, 4) is 0 Å². The minimum atomic E-state index is 0.353. The van der Waals surface area contributed by atoms with E-state index >= 15 is 0 Å². The highest BCUT2D eigenvalue weighted by molar-refractivity contribution is 6.31. The van der Waals surface area contributed by atoms with Gasteiger partial charge in [-0.1, -0.05) is 23.7 Å². The van der Waals surface area contributed by atoms with Gasteiger partial charge in [-0.25, -0.2) is 0 Å². The number of halogens is 1. The van der Waals surface area contributed by atoms with Crippen molar-refractivity contribution in [3.05, 3.63) is 34.3 Å². The lowest BCUT2D eigenvalue weighted by atomic mass is 10.0. The van der Waals surface area contributed by atoms with Crippen LogP contribution in [0.25, 0.3) is 0 Å². The Hall–Kier alpha value is -0.820. The Kier molecular flexibility index (Phi) is 2.60. The van der Waals surface area contributed by atoms with Crippen LogP contribution in [0, 0.1) is 12.8 Å². The molecule has 2 rings (SSSR count). The first-order valence-corrected chi connectivity index (χ1v) is 5.32. The van der Waals surface area contributed by atoms with E-state index in [2.05, 4.69) is 0 Å². The molecule has 0 amide bonds. The molecule has 0 heterocycles. The van der Waals surface area contributed by atoms with Crippen molar-refractivity contribution in [2.24, 2.45) is 5.92 Å². The minimum absolute atomic E-state index is 0.353. The molecular formula is C12H13ClO. The van der Waals surface area contributed by atoms with E-state index in [0.29, 0.717) is 18.1 Å². The third-order valence-corrected chi connectivity index (χ3v) is 3.06. The van der Waals surface area contributed by atoms with Gasteiger partial charge in [0, 0.05) is 17.4 Å². The summed E-state index contributed by atoms with van der Waals surface area (Å²) in [6.07, 6.45) is 2.75. The van der Waals surface area contributed by atoms with Crippen molar-refractivity contribution in [2.45, 2.75) is 26.2 Å². The summed E-state index contributed by atoms with van der Waals surface area (Å²) in [4.78, 5) is 11.5. The van der Waals surface area contributed by atoms with Crippen LogP contribution in [-0.4, -0.2) is 5.78 Å². The monoisotopic (exact) mass is 208 g/mol. The topological polar surface area (TPSA) is 17.1 Å². The lowest BCUT2D eigenvalue weighted by molar-refractivity contribution is -0.119. The molecule has 0 unspecified atom stereocenters. The molecular weight excluding hydrogens is 196 g/mol. The minimum Gasteiger partial charge on any atom is -0.299 e. The summed E-state index contributed by atoms with van der Waals surface area (Å²) < 4.78 is 0. The summed E-state index contributed by atoms with van der Waals surface area (Å²) in [5, 5.41) is 0.771.